The Morgan fingerprint density at radius 1 is 0.344 bits per heavy atom. The molecule has 0 aromatic rings. The lowest BCUT2D eigenvalue weighted by Crippen LogP contribution is -2.30. The minimum atomic E-state index is -0.795. The molecule has 0 saturated heterocycles. The highest BCUT2D eigenvalue weighted by Gasteiger charge is 2.19. The Hall–Kier alpha value is -2.89. The van der Waals surface area contributed by atoms with Gasteiger partial charge in [0.2, 0.25) is 0 Å². The first-order valence-corrected chi connectivity index (χ1v) is 27.3. The molecule has 0 spiro atoms. The molecule has 0 aliphatic carbocycles. The molecule has 1 unspecified atom stereocenters. The van der Waals surface area contributed by atoms with Gasteiger partial charge in [0.05, 0.1) is 0 Å². The van der Waals surface area contributed by atoms with E-state index in [0.29, 0.717) is 19.3 Å². The standard InChI is InChI=1S/C58H102O6/c1-4-7-10-13-16-19-21-23-25-27-29-31-32-34-36-39-42-45-48-51-57(60)63-54-55(53-62-56(59)50-47-44-41-38-18-15-12-9-6-3)64-58(61)52-49-46-43-40-37-35-33-30-28-26-24-22-20-17-14-11-8-5-2/h9,12,18,22,24,26,28,30,33,38,55H,4-8,10-11,13-17,19-21,23,25,27,29,31-32,34-37,39-54H2,1-3H3/b12-9-,24-22-,28-26-,33-30-,38-18-. The monoisotopic (exact) mass is 895 g/mol. The maximum absolute atomic E-state index is 12.8. The van der Waals surface area contributed by atoms with E-state index in [0.717, 1.165) is 96.3 Å². The summed E-state index contributed by atoms with van der Waals surface area (Å²) < 4.78 is 16.7. The van der Waals surface area contributed by atoms with Crippen LogP contribution in [0.15, 0.2) is 60.8 Å². The van der Waals surface area contributed by atoms with E-state index in [-0.39, 0.29) is 31.1 Å². The Kier molecular flexibility index (Phi) is 50.4. The van der Waals surface area contributed by atoms with Crippen molar-refractivity contribution in [2.45, 2.75) is 277 Å². The van der Waals surface area contributed by atoms with Crippen LogP contribution in [0.4, 0.5) is 0 Å². The average Bonchev–Trinajstić information content (AvgIpc) is 3.29. The summed E-state index contributed by atoms with van der Waals surface area (Å²) >= 11 is 0. The van der Waals surface area contributed by atoms with Crippen LogP contribution in [0.5, 0.6) is 0 Å². The summed E-state index contributed by atoms with van der Waals surface area (Å²) in [5.41, 5.74) is 0. The first-order valence-electron chi connectivity index (χ1n) is 27.3. The number of carbonyl (C=O) groups excluding carboxylic acids is 3. The molecule has 0 N–H and O–H groups in total. The first kappa shape index (κ1) is 61.1. The fourth-order valence-electron chi connectivity index (χ4n) is 7.72. The predicted octanol–water partition coefficient (Wildman–Crippen LogP) is 18.0. The van der Waals surface area contributed by atoms with Crippen molar-refractivity contribution >= 4 is 17.9 Å². The Balaban J connectivity index is 4.32. The van der Waals surface area contributed by atoms with Gasteiger partial charge in [-0.25, -0.2) is 0 Å². The molecule has 0 fully saturated rings. The van der Waals surface area contributed by atoms with Gasteiger partial charge in [-0.3, -0.25) is 14.4 Å². The number of unbranched alkanes of at least 4 members (excludes halogenated alkanes) is 30. The van der Waals surface area contributed by atoms with Crippen LogP contribution in [0.3, 0.4) is 0 Å². The Morgan fingerprint density at radius 3 is 1.09 bits per heavy atom. The van der Waals surface area contributed by atoms with Gasteiger partial charge in [-0.15, -0.1) is 0 Å². The summed E-state index contributed by atoms with van der Waals surface area (Å²) in [5, 5.41) is 0. The Labute approximate surface area is 396 Å². The minimum Gasteiger partial charge on any atom is -0.462 e. The molecule has 0 saturated carbocycles. The topological polar surface area (TPSA) is 78.9 Å². The third-order valence-corrected chi connectivity index (χ3v) is 11.8. The normalized spacial score (nSPS) is 12.5. The van der Waals surface area contributed by atoms with Crippen LogP contribution >= 0.6 is 0 Å². The average molecular weight is 895 g/mol. The quantitative estimate of drug-likeness (QED) is 0.0199. The molecule has 6 nitrogen and oxygen atoms in total. The molecular formula is C58H102O6. The van der Waals surface area contributed by atoms with E-state index in [1.807, 2.05) is 0 Å². The van der Waals surface area contributed by atoms with Crippen molar-refractivity contribution in [3.8, 4) is 0 Å². The van der Waals surface area contributed by atoms with Crippen molar-refractivity contribution in [3.05, 3.63) is 60.8 Å². The number of allylic oxidation sites excluding steroid dienone is 10. The van der Waals surface area contributed by atoms with E-state index in [4.69, 9.17) is 14.2 Å². The fraction of sp³-hybridized carbons (Fsp3) is 0.776. The van der Waals surface area contributed by atoms with Crippen LogP contribution < -0.4 is 0 Å². The molecule has 0 bridgehead atoms. The zero-order valence-electron chi connectivity index (χ0n) is 42.3. The number of carbonyl (C=O) groups is 3. The van der Waals surface area contributed by atoms with Crippen molar-refractivity contribution in [2.24, 2.45) is 0 Å². The zero-order chi connectivity index (χ0) is 46.5. The maximum Gasteiger partial charge on any atom is 0.306 e. The molecule has 0 radical (unpaired) electrons. The molecule has 0 aliphatic rings. The largest absolute Gasteiger partial charge is 0.462 e. The molecule has 64 heavy (non-hydrogen) atoms. The smallest absolute Gasteiger partial charge is 0.306 e. The van der Waals surface area contributed by atoms with Gasteiger partial charge in [0.1, 0.15) is 13.2 Å². The number of ether oxygens (including phenoxy) is 3. The van der Waals surface area contributed by atoms with E-state index in [2.05, 4.69) is 81.5 Å². The first-order chi connectivity index (χ1) is 31.5. The van der Waals surface area contributed by atoms with Gasteiger partial charge in [0.15, 0.2) is 6.10 Å². The van der Waals surface area contributed by atoms with E-state index < -0.39 is 6.10 Å². The third-order valence-electron chi connectivity index (χ3n) is 11.8. The van der Waals surface area contributed by atoms with Crippen molar-refractivity contribution < 1.29 is 28.6 Å². The summed E-state index contributed by atoms with van der Waals surface area (Å²) in [6, 6.07) is 0. The van der Waals surface area contributed by atoms with Gasteiger partial charge in [0, 0.05) is 19.3 Å². The van der Waals surface area contributed by atoms with Crippen LogP contribution in [0, 0.1) is 0 Å². The fourth-order valence-corrected chi connectivity index (χ4v) is 7.72. The molecule has 0 aromatic heterocycles. The molecule has 0 rings (SSSR count). The lowest BCUT2D eigenvalue weighted by molar-refractivity contribution is -0.167. The van der Waals surface area contributed by atoms with Gasteiger partial charge < -0.3 is 14.2 Å². The van der Waals surface area contributed by atoms with E-state index in [1.54, 1.807) is 0 Å². The van der Waals surface area contributed by atoms with Crippen LogP contribution in [0.2, 0.25) is 0 Å². The number of hydrogen-bond acceptors (Lipinski definition) is 6. The number of esters is 3. The molecular weight excluding hydrogens is 793 g/mol. The van der Waals surface area contributed by atoms with Crippen molar-refractivity contribution in [1.29, 1.82) is 0 Å². The van der Waals surface area contributed by atoms with Gasteiger partial charge in [-0.05, 0) is 70.6 Å². The van der Waals surface area contributed by atoms with Gasteiger partial charge >= 0.3 is 17.9 Å². The third kappa shape index (κ3) is 50.1. The Bertz CT molecular complexity index is 1170. The summed E-state index contributed by atoms with van der Waals surface area (Å²) in [4.78, 5) is 37.9. The second-order valence-electron chi connectivity index (χ2n) is 18.2. The summed E-state index contributed by atoms with van der Waals surface area (Å²) in [7, 11) is 0. The van der Waals surface area contributed by atoms with Crippen molar-refractivity contribution in [3.63, 3.8) is 0 Å². The maximum atomic E-state index is 12.8. The van der Waals surface area contributed by atoms with E-state index >= 15 is 0 Å². The molecule has 0 aliphatic heterocycles. The van der Waals surface area contributed by atoms with Crippen LogP contribution in [-0.4, -0.2) is 37.2 Å². The number of hydrogen-bond donors (Lipinski definition) is 0. The van der Waals surface area contributed by atoms with Crippen molar-refractivity contribution in [1.82, 2.24) is 0 Å². The van der Waals surface area contributed by atoms with Gasteiger partial charge in [0.25, 0.3) is 0 Å². The van der Waals surface area contributed by atoms with Crippen molar-refractivity contribution in [2.75, 3.05) is 13.2 Å². The summed E-state index contributed by atoms with van der Waals surface area (Å²) in [5.74, 6) is -0.942. The summed E-state index contributed by atoms with van der Waals surface area (Å²) in [6.45, 7) is 6.47. The molecule has 0 aromatic carbocycles. The van der Waals surface area contributed by atoms with Gasteiger partial charge in [-0.2, -0.15) is 0 Å². The van der Waals surface area contributed by atoms with E-state index in [1.165, 1.54) is 135 Å². The molecule has 6 heteroatoms. The number of rotatable bonds is 49. The van der Waals surface area contributed by atoms with Crippen LogP contribution in [0.25, 0.3) is 0 Å². The predicted molar refractivity (Wildman–Crippen MR) is 275 cm³/mol. The second kappa shape index (κ2) is 52.7. The lowest BCUT2D eigenvalue weighted by atomic mass is 10.0. The Morgan fingerprint density at radius 2 is 0.672 bits per heavy atom. The highest BCUT2D eigenvalue weighted by Crippen LogP contribution is 2.16. The minimum absolute atomic E-state index is 0.0909. The highest BCUT2D eigenvalue weighted by atomic mass is 16.6. The zero-order valence-corrected chi connectivity index (χ0v) is 42.3. The van der Waals surface area contributed by atoms with Gasteiger partial charge in [-0.1, -0.05) is 242 Å². The van der Waals surface area contributed by atoms with Crippen LogP contribution in [-0.2, 0) is 28.6 Å². The van der Waals surface area contributed by atoms with Crippen LogP contribution in [0.1, 0.15) is 271 Å². The second-order valence-corrected chi connectivity index (χ2v) is 18.2. The van der Waals surface area contributed by atoms with E-state index in [9.17, 15) is 14.4 Å². The molecule has 0 amide bonds. The summed E-state index contributed by atoms with van der Waals surface area (Å²) in [6.07, 6.45) is 65.1. The highest BCUT2D eigenvalue weighted by molar-refractivity contribution is 5.71. The SMILES string of the molecule is CC/C=C\C/C=C\CCCCC(=O)OCC(COC(=O)CCCCCCCCCCCCCCCCCCCCC)OC(=O)CCCCCCC\C=C/C=C\C=C/CCCCCCC. The molecule has 370 valence electrons. The molecule has 1 atom stereocenters. The molecule has 0 heterocycles. The lowest BCUT2D eigenvalue weighted by Gasteiger charge is -2.18.